The Balaban J connectivity index is 0. The molecule has 0 saturated heterocycles. The van der Waals surface area contributed by atoms with Gasteiger partial charge in [0.25, 0.3) is 0 Å². The molecule has 0 aromatic rings. The van der Waals surface area contributed by atoms with Gasteiger partial charge in [0.15, 0.2) is 0 Å². The smallest absolute Gasteiger partial charge is 0.550 e. The monoisotopic (exact) mass is 208 g/mol. The van der Waals surface area contributed by atoms with Crippen molar-refractivity contribution in [3.63, 3.8) is 0 Å². The molecule has 1 unspecified atom stereocenters. The van der Waals surface area contributed by atoms with E-state index in [1.807, 2.05) is 0 Å². The average Bonchev–Trinajstić information content (AvgIpc) is 2.10. The van der Waals surface area contributed by atoms with Gasteiger partial charge in [-0.3, -0.25) is 0 Å². The van der Waals surface area contributed by atoms with Crippen molar-refractivity contribution in [2.24, 2.45) is 5.92 Å². The Labute approximate surface area is 110 Å². The third-order valence-electron chi connectivity index (χ3n) is 2.39. The van der Waals surface area contributed by atoms with Crippen LogP contribution in [0.1, 0.15) is 58.8 Å². The second-order valence-corrected chi connectivity index (χ2v) is 3.78. The molecule has 0 heterocycles. The summed E-state index contributed by atoms with van der Waals surface area (Å²) in [7, 11) is 0. The SMILES string of the molecule is CCCCCCCCC(C)C(=O)[O-].[Na+]. The fourth-order valence-electron chi connectivity index (χ4n) is 1.35. The summed E-state index contributed by atoms with van der Waals surface area (Å²) in [5, 5.41) is 10.4. The summed E-state index contributed by atoms with van der Waals surface area (Å²) in [6.07, 6.45) is 8.06. The molecule has 0 fully saturated rings. The van der Waals surface area contributed by atoms with E-state index < -0.39 is 5.97 Å². The number of carbonyl (C=O) groups is 1. The molecule has 0 N–H and O–H groups in total. The molecule has 0 aromatic heterocycles. The second-order valence-electron chi connectivity index (χ2n) is 3.78. The van der Waals surface area contributed by atoms with Gasteiger partial charge in [-0.15, -0.1) is 0 Å². The first-order valence-corrected chi connectivity index (χ1v) is 5.39. The van der Waals surface area contributed by atoms with E-state index >= 15 is 0 Å². The van der Waals surface area contributed by atoms with Crippen LogP contribution in [-0.2, 0) is 4.79 Å². The fraction of sp³-hybridized carbons (Fsp3) is 0.909. The van der Waals surface area contributed by atoms with Crippen LogP contribution < -0.4 is 34.7 Å². The zero-order valence-electron chi connectivity index (χ0n) is 9.84. The number of carboxylic acids is 1. The molecule has 0 aliphatic carbocycles. The first-order chi connectivity index (χ1) is 6.18. The largest absolute Gasteiger partial charge is 1.00 e. The van der Waals surface area contributed by atoms with Crippen LogP contribution in [0, 0.1) is 5.92 Å². The number of hydrogen-bond donors (Lipinski definition) is 0. The zero-order chi connectivity index (χ0) is 10.1. The zero-order valence-corrected chi connectivity index (χ0v) is 11.8. The number of hydrogen-bond acceptors (Lipinski definition) is 2. The molecule has 0 saturated carbocycles. The van der Waals surface area contributed by atoms with Gasteiger partial charge < -0.3 is 9.90 Å². The molecule has 0 rings (SSSR count). The predicted octanol–water partition coefficient (Wildman–Crippen LogP) is -0.873. The Morgan fingerprint density at radius 3 is 2.14 bits per heavy atom. The molecular formula is C11H21NaO2. The average molecular weight is 208 g/mol. The molecule has 0 aliphatic heterocycles. The summed E-state index contributed by atoms with van der Waals surface area (Å²) < 4.78 is 0. The van der Waals surface area contributed by atoms with Crippen LogP contribution in [0.2, 0.25) is 0 Å². The molecule has 0 spiro atoms. The van der Waals surface area contributed by atoms with Crippen molar-refractivity contribution in [2.45, 2.75) is 58.8 Å². The van der Waals surface area contributed by atoms with E-state index in [0.29, 0.717) is 0 Å². The third-order valence-corrected chi connectivity index (χ3v) is 2.39. The molecule has 3 heteroatoms. The van der Waals surface area contributed by atoms with Gasteiger partial charge in [-0.25, -0.2) is 0 Å². The molecule has 78 valence electrons. The molecule has 0 amide bonds. The molecule has 0 aromatic carbocycles. The standard InChI is InChI=1S/C11H22O2.Na/c1-3-4-5-6-7-8-9-10(2)11(12)13;/h10H,3-9H2,1-2H3,(H,12,13);/q;+1/p-1. The molecule has 0 aliphatic rings. The molecule has 0 radical (unpaired) electrons. The summed E-state index contributed by atoms with van der Waals surface area (Å²) in [4.78, 5) is 10.4. The summed E-state index contributed by atoms with van der Waals surface area (Å²) in [6, 6.07) is 0. The van der Waals surface area contributed by atoms with Gasteiger partial charge >= 0.3 is 29.6 Å². The van der Waals surface area contributed by atoms with Crippen LogP contribution >= 0.6 is 0 Å². The maximum absolute atomic E-state index is 10.4. The molecular weight excluding hydrogens is 187 g/mol. The van der Waals surface area contributed by atoms with E-state index in [9.17, 15) is 9.90 Å². The Kier molecular flexibility index (Phi) is 13.9. The van der Waals surface area contributed by atoms with Crippen LogP contribution in [0.4, 0.5) is 0 Å². The predicted molar refractivity (Wildman–Crippen MR) is 52.2 cm³/mol. The van der Waals surface area contributed by atoms with Gasteiger partial charge in [-0.05, 0) is 12.3 Å². The van der Waals surface area contributed by atoms with Gasteiger partial charge in [-0.1, -0.05) is 52.4 Å². The van der Waals surface area contributed by atoms with Crippen LogP contribution in [0.3, 0.4) is 0 Å². The summed E-state index contributed by atoms with van der Waals surface area (Å²) >= 11 is 0. The van der Waals surface area contributed by atoms with E-state index in [0.717, 1.165) is 19.3 Å². The Hall–Kier alpha value is 0.470. The number of rotatable bonds is 8. The first-order valence-electron chi connectivity index (χ1n) is 5.39. The maximum atomic E-state index is 10.4. The number of carbonyl (C=O) groups excluding carboxylic acids is 1. The van der Waals surface area contributed by atoms with E-state index in [2.05, 4.69) is 6.92 Å². The normalized spacial score (nSPS) is 11.9. The van der Waals surface area contributed by atoms with Gasteiger partial charge in [0.1, 0.15) is 0 Å². The van der Waals surface area contributed by atoms with Crippen molar-refractivity contribution in [1.82, 2.24) is 0 Å². The van der Waals surface area contributed by atoms with Crippen molar-refractivity contribution in [1.29, 1.82) is 0 Å². The number of carboxylic acid groups (broad SMARTS) is 1. The molecule has 2 nitrogen and oxygen atoms in total. The summed E-state index contributed by atoms with van der Waals surface area (Å²) in [5.74, 6) is -1.18. The third kappa shape index (κ3) is 10.6. The first kappa shape index (κ1) is 16.9. The Bertz CT molecular complexity index is 137. The van der Waals surface area contributed by atoms with Gasteiger partial charge in [0, 0.05) is 5.97 Å². The number of aliphatic carboxylic acids is 1. The molecule has 1 atom stereocenters. The van der Waals surface area contributed by atoms with Crippen molar-refractivity contribution >= 4 is 5.97 Å². The van der Waals surface area contributed by atoms with Crippen LogP contribution in [0.25, 0.3) is 0 Å². The van der Waals surface area contributed by atoms with Crippen molar-refractivity contribution in [3.8, 4) is 0 Å². The summed E-state index contributed by atoms with van der Waals surface area (Å²) in [5.41, 5.74) is 0. The molecule has 0 bridgehead atoms. The minimum Gasteiger partial charge on any atom is -0.550 e. The van der Waals surface area contributed by atoms with Gasteiger partial charge in [0.05, 0.1) is 0 Å². The summed E-state index contributed by atoms with van der Waals surface area (Å²) in [6.45, 7) is 3.92. The topological polar surface area (TPSA) is 40.1 Å². The Morgan fingerprint density at radius 2 is 1.64 bits per heavy atom. The van der Waals surface area contributed by atoms with Gasteiger partial charge in [-0.2, -0.15) is 0 Å². The van der Waals surface area contributed by atoms with E-state index in [1.54, 1.807) is 6.92 Å². The minimum absolute atomic E-state index is 0. The molecule has 14 heavy (non-hydrogen) atoms. The van der Waals surface area contributed by atoms with E-state index in [1.165, 1.54) is 25.7 Å². The quantitative estimate of drug-likeness (QED) is 0.384. The van der Waals surface area contributed by atoms with Crippen molar-refractivity contribution in [3.05, 3.63) is 0 Å². The van der Waals surface area contributed by atoms with E-state index in [4.69, 9.17) is 0 Å². The van der Waals surface area contributed by atoms with Crippen LogP contribution in [0.15, 0.2) is 0 Å². The van der Waals surface area contributed by atoms with Gasteiger partial charge in [0.2, 0.25) is 0 Å². The van der Waals surface area contributed by atoms with E-state index in [-0.39, 0.29) is 35.5 Å². The van der Waals surface area contributed by atoms with Crippen LogP contribution in [0.5, 0.6) is 0 Å². The Morgan fingerprint density at radius 1 is 1.14 bits per heavy atom. The maximum Gasteiger partial charge on any atom is 1.00 e. The number of unbranched alkanes of at least 4 members (excludes halogenated alkanes) is 5. The minimum atomic E-state index is -0.909. The second kappa shape index (κ2) is 11.5. The fourth-order valence-corrected chi connectivity index (χ4v) is 1.35. The van der Waals surface area contributed by atoms with Crippen molar-refractivity contribution < 1.29 is 39.5 Å². The van der Waals surface area contributed by atoms with Crippen molar-refractivity contribution in [2.75, 3.05) is 0 Å². The van der Waals surface area contributed by atoms with Crippen LogP contribution in [-0.4, -0.2) is 5.97 Å².